The van der Waals surface area contributed by atoms with Gasteiger partial charge in [0, 0.05) is 22.0 Å². The Labute approximate surface area is 144 Å². The van der Waals surface area contributed by atoms with Crippen LogP contribution in [0.1, 0.15) is 28.1 Å². The summed E-state index contributed by atoms with van der Waals surface area (Å²) in [4.78, 5) is 13.2. The fourth-order valence-corrected chi connectivity index (χ4v) is 4.43. The highest BCUT2D eigenvalue weighted by molar-refractivity contribution is 7.21. The van der Waals surface area contributed by atoms with Crippen LogP contribution in [0.3, 0.4) is 0 Å². The number of hydrogen-bond acceptors (Lipinski definition) is 2. The molecule has 1 aliphatic carbocycles. The average molecular weight is 342 g/mol. The molecule has 2 aromatic carbocycles. The maximum atomic E-state index is 12.6. The van der Waals surface area contributed by atoms with E-state index in [1.165, 1.54) is 16.9 Å². The molecule has 0 aliphatic heterocycles. The number of rotatable bonds is 4. The van der Waals surface area contributed by atoms with E-state index in [0.717, 1.165) is 22.9 Å². The van der Waals surface area contributed by atoms with Crippen molar-refractivity contribution in [3.63, 3.8) is 0 Å². The van der Waals surface area contributed by atoms with E-state index in [2.05, 4.69) is 29.6 Å². The summed E-state index contributed by atoms with van der Waals surface area (Å²) in [6.07, 6.45) is 2.24. The number of halogens is 1. The molecular formula is C19H16ClNOS. The minimum absolute atomic E-state index is 0.0709. The Balaban J connectivity index is 1.53. The van der Waals surface area contributed by atoms with Gasteiger partial charge in [0.15, 0.2) is 0 Å². The number of fused-ring (bicyclic) bond motifs is 1. The third-order valence-electron chi connectivity index (χ3n) is 4.57. The molecule has 4 rings (SSSR count). The van der Waals surface area contributed by atoms with Crippen LogP contribution in [0.2, 0.25) is 5.02 Å². The molecular weight excluding hydrogens is 326 g/mol. The van der Waals surface area contributed by atoms with Crippen LogP contribution in [0.25, 0.3) is 10.1 Å². The fraction of sp³-hybridized carbons (Fsp3) is 0.211. The minimum atomic E-state index is -0.0709. The van der Waals surface area contributed by atoms with Gasteiger partial charge in [0.25, 0.3) is 5.91 Å². The maximum Gasteiger partial charge on any atom is 0.262 e. The van der Waals surface area contributed by atoms with E-state index in [1.54, 1.807) is 0 Å². The van der Waals surface area contributed by atoms with E-state index in [9.17, 15) is 4.79 Å². The Bertz CT molecular complexity index is 867. The number of carbonyl (C=O) groups is 1. The lowest BCUT2D eigenvalue weighted by molar-refractivity contribution is 0.0954. The first-order chi connectivity index (χ1) is 11.2. The maximum absolute atomic E-state index is 12.6. The summed E-state index contributed by atoms with van der Waals surface area (Å²) in [5.74, 6) is -0.0709. The van der Waals surface area contributed by atoms with Crippen LogP contribution in [0.15, 0.2) is 54.6 Å². The van der Waals surface area contributed by atoms with Crippen LogP contribution >= 0.6 is 22.9 Å². The fourth-order valence-electron chi connectivity index (χ4n) is 3.00. The predicted octanol–water partition coefficient (Wildman–Crippen LogP) is 5.02. The van der Waals surface area contributed by atoms with E-state index in [-0.39, 0.29) is 11.3 Å². The smallest absolute Gasteiger partial charge is 0.262 e. The average Bonchev–Trinajstić information content (AvgIpc) is 3.32. The van der Waals surface area contributed by atoms with Gasteiger partial charge in [-0.2, -0.15) is 0 Å². The van der Waals surface area contributed by atoms with E-state index < -0.39 is 0 Å². The number of amides is 1. The Morgan fingerprint density at radius 1 is 1.09 bits per heavy atom. The largest absolute Gasteiger partial charge is 0.350 e. The number of hydrogen-bond donors (Lipinski definition) is 1. The minimum Gasteiger partial charge on any atom is -0.350 e. The molecule has 0 bridgehead atoms. The lowest BCUT2D eigenvalue weighted by Gasteiger charge is -2.16. The highest BCUT2D eigenvalue weighted by Gasteiger charge is 2.44. The van der Waals surface area contributed by atoms with Gasteiger partial charge in [0.2, 0.25) is 0 Å². The SMILES string of the molecule is O=C(NCC1(c2ccccc2)CC1)c1sc2ccccc2c1Cl. The zero-order valence-corrected chi connectivity index (χ0v) is 14.1. The monoisotopic (exact) mass is 341 g/mol. The first-order valence-electron chi connectivity index (χ1n) is 7.70. The van der Waals surface area contributed by atoms with Crippen molar-refractivity contribution in [2.24, 2.45) is 0 Å². The predicted molar refractivity (Wildman–Crippen MR) is 96.5 cm³/mol. The van der Waals surface area contributed by atoms with Gasteiger partial charge in [-0.05, 0) is 24.5 Å². The van der Waals surface area contributed by atoms with Crippen LogP contribution in [-0.4, -0.2) is 12.5 Å². The standard InChI is InChI=1S/C19H16ClNOS/c20-16-14-8-4-5-9-15(14)23-17(16)18(22)21-12-19(10-11-19)13-6-2-1-3-7-13/h1-9H,10-12H2,(H,21,22). The molecule has 0 saturated heterocycles. The van der Waals surface area contributed by atoms with Gasteiger partial charge in [-0.25, -0.2) is 0 Å². The summed E-state index contributed by atoms with van der Waals surface area (Å²) in [6.45, 7) is 0.667. The third-order valence-corrected chi connectivity index (χ3v) is 6.24. The van der Waals surface area contributed by atoms with Crippen LogP contribution in [-0.2, 0) is 5.41 Å². The van der Waals surface area contributed by atoms with E-state index >= 15 is 0 Å². The molecule has 1 fully saturated rings. The van der Waals surface area contributed by atoms with Crippen molar-refractivity contribution < 1.29 is 4.79 Å². The van der Waals surface area contributed by atoms with Gasteiger partial charge in [0.05, 0.1) is 5.02 Å². The molecule has 1 aromatic heterocycles. The van der Waals surface area contributed by atoms with Crippen molar-refractivity contribution in [2.75, 3.05) is 6.54 Å². The van der Waals surface area contributed by atoms with Gasteiger partial charge in [0.1, 0.15) is 4.88 Å². The van der Waals surface area contributed by atoms with Crippen molar-refractivity contribution in [3.05, 3.63) is 70.1 Å². The molecule has 4 heteroatoms. The molecule has 1 N–H and O–H groups in total. The zero-order valence-electron chi connectivity index (χ0n) is 12.5. The summed E-state index contributed by atoms with van der Waals surface area (Å²) in [5.41, 5.74) is 1.42. The van der Waals surface area contributed by atoms with Gasteiger partial charge in [-0.15, -0.1) is 11.3 Å². The molecule has 0 atom stereocenters. The van der Waals surface area contributed by atoms with Crippen LogP contribution < -0.4 is 5.32 Å². The van der Waals surface area contributed by atoms with E-state index in [4.69, 9.17) is 11.6 Å². The van der Waals surface area contributed by atoms with Crippen LogP contribution in [0.4, 0.5) is 0 Å². The van der Waals surface area contributed by atoms with Gasteiger partial charge < -0.3 is 5.32 Å². The molecule has 0 unspecified atom stereocenters. The Morgan fingerprint density at radius 3 is 2.48 bits per heavy atom. The summed E-state index contributed by atoms with van der Waals surface area (Å²) in [7, 11) is 0. The lowest BCUT2D eigenvalue weighted by Crippen LogP contribution is -2.31. The van der Waals surface area contributed by atoms with Gasteiger partial charge in [-0.3, -0.25) is 4.79 Å². The second-order valence-electron chi connectivity index (χ2n) is 6.07. The number of benzene rings is 2. The second kappa shape index (κ2) is 5.66. The number of thiophene rings is 1. The molecule has 2 nitrogen and oxygen atoms in total. The molecule has 0 spiro atoms. The van der Waals surface area contributed by atoms with E-state index in [0.29, 0.717) is 16.4 Å². The van der Waals surface area contributed by atoms with Gasteiger partial charge in [-0.1, -0.05) is 60.1 Å². The summed E-state index contributed by atoms with van der Waals surface area (Å²) in [6, 6.07) is 18.3. The molecule has 1 saturated carbocycles. The Morgan fingerprint density at radius 2 is 1.78 bits per heavy atom. The van der Waals surface area contributed by atoms with Gasteiger partial charge >= 0.3 is 0 Å². The third kappa shape index (κ3) is 2.64. The summed E-state index contributed by atoms with van der Waals surface area (Å²) < 4.78 is 1.05. The summed E-state index contributed by atoms with van der Waals surface area (Å²) in [5, 5.41) is 4.60. The summed E-state index contributed by atoms with van der Waals surface area (Å²) >= 11 is 7.84. The molecule has 3 aromatic rings. The first-order valence-corrected chi connectivity index (χ1v) is 8.90. The van der Waals surface area contributed by atoms with E-state index in [1.807, 2.05) is 30.3 Å². The first kappa shape index (κ1) is 14.7. The van der Waals surface area contributed by atoms with Crippen LogP contribution in [0, 0.1) is 0 Å². The van der Waals surface area contributed by atoms with Crippen molar-refractivity contribution >= 4 is 38.9 Å². The van der Waals surface area contributed by atoms with Crippen molar-refractivity contribution in [3.8, 4) is 0 Å². The topological polar surface area (TPSA) is 29.1 Å². The Kier molecular flexibility index (Phi) is 3.63. The number of carbonyl (C=O) groups excluding carboxylic acids is 1. The second-order valence-corrected chi connectivity index (χ2v) is 7.50. The molecule has 23 heavy (non-hydrogen) atoms. The van der Waals surface area contributed by atoms with Crippen molar-refractivity contribution in [2.45, 2.75) is 18.3 Å². The van der Waals surface area contributed by atoms with Crippen LogP contribution in [0.5, 0.6) is 0 Å². The molecule has 1 aliphatic rings. The quantitative estimate of drug-likeness (QED) is 0.709. The molecule has 1 heterocycles. The Hall–Kier alpha value is -1.84. The highest BCUT2D eigenvalue weighted by Crippen LogP contribution is 2.47. The molecule has 1 amide bonds. The number of nitrogens with one attached hydrogen (secondary N) is 1. The molecule has 116 valence electrons. The van der Waals surface area contributed by atoms with Crippen molar-refractivity contribution in [1.29, 1.82) is 0 Å². The molecule has 0 radical (unpaired) electrons. The zero-order chi connectivity index (χ0) is 15.9. The lowest BCUT2D eigenvalue weighted by atomic mass is 9.96. The van der Waals surface area contributed by atoms with Crippen molar-refractivity contribution in [1.82, 2.24) is 5.32 Å². The highest BCUT2D eigenvalue weighted by atomic mass is 35.5. The normalized spacial score (nSPS) is 15.5.